The van der Waals surface area contributed by atoms with E-state index >= 15 is 0 Å². The topological polar surface area (TPSA) is 35.0 Å². The molecule has 0 aliphatic heterocycles. The molecule has 0 amide bonds. The third-order valence-corrected chi connectivity index (χ3v) is 2.67. The van der Waals surface area contributed by atoms with Crippen molar-refractivity contribution in [2.24, 2.45) is 0 Å². The Hall–Kier alpha value is -1.94. The lowest BCUT2D eigenvalue weighted by Crippen LogP contribution is -1.96. The Morgan fingerprint density at radius 3 is 2.83 bits per heavy atom. The van der Waals surface area contributed by atoms with E-state index in [1.165, 1.54) is 19.2 Å². The largest absolute Gasteiger partial charge is 0.479 e. The Kier molecular flexibility index (Phi) is 3.58. The monoisotopic (exact) mass is 264 g/mol. The van der Waals surface area contributed by atoms with Gasteiger partial charge in [0, 0.05) is 5.56 Å². The third-order valence-electron chi connectivity index (χ3n) is 2.36. The van der Waals surface area contributed by atoms with Crippen LogP contribution in [-0.2, 0) is 0 Å². The highest BCUT2D eigenvalue weighted by Crippen LogP contribution is 2.28. The van der Waals surface area contributed by atoms with Crippen molar-refractivity contribution in [1.82, 2.24) is 9.97 Å². The predicted molar refractivity (Wildman–Crippen MR) is 69.1 cm³/mol. The van der Waals surface area contributed by atoms with Crippen LogP contribution in [0.25, 0.3) is 17.3 Å². The summed E-state index contributed by atoms with van der Waals surface area (Å²) in [6.07, 6.45) is 3.08. The molecule has 0 atom stereocenters. The van der Waals surface area contributed by atoms with Gasteiger partial charge in [-0.05, 0) is 24.3 Å². The quantitative estimate of drug-likeness (QED) is 0.850. The van der Waals surface area contributed by atoms with Gasteiger partial charge in [0.25, 0.3) is 0 Å². The number of benzene rings is 1. The zero-order valence-electron chi connectivity index (χ0n) is 9.65. The number of aromatic nitrogens is 2. The second kappa shape index (κ2) is 5.14. The van der Waals surface area contributed by atoms with Crippen molar-refractivity contribution >= 4 is 17.7 Å². The Morgan fingerprint density at radius 1 is 1.44 bits per heavy atom. The average molecular weight is 265 g/mol. The molecule has 0 aliphatic rings. The summed E-state index contributed by atoms with van der Waals surface area (Å²) in [6.45, 7) is 3.61. The second-order valence-corrected chi connectivity index (χ2v) is 3.89. The molecular formula is C13H10ClFN2O. The van der Waals surface area contributed by atoms with Gasteiger partial charge in [-0.25, -0.2) is 14.4 Å². The van der Waals surface area contributed by atoms with E-state index in [4.69, 9.17) is 16.3 Å². The highest BCUT2D eigenvalue weighted by Gasteiger charge is 2.10. The van der Waals surface area contributed by atoms with Crippen molar-refractivity contribution < 1.29 is 9.13 Å². The van der Waals surface area contributed by atoms with Gasteiger partial charge in [-0.1, -0.05) is 18.2 Å². The van der Waals surface area contributed by atoms with Crippen LogP contribution < -0.4 is 4.74 Å². The number of hydrogen-bond donors (Lipinski definition) is 0. The first-order valence-corrected chi connectivity index (χ1v) is 5.52. The molecule has 92 valence electrons. The minimum absolute atomic E-state index is 0.276. The molecule has 0 fully saturated rings. The highest BCUT2D eigenvalue weighted by molar-refractivity contribution is 6.33. The molecule has 0 spiro atoms. The lowest BCUT2D eigenvalue weighted by atomic mass is 10.1. The predicted octanol–water partition coefficient (Wildman–Crippen LogP) is 3.59. The number of halogens is 2. The highest BCUT2D eigenvalue weighted by atomic mass is 35.5. The van der Waals surface area contributed by atoms with Crippen molar-refractivity contribution in [1.29, 1.82) is 0 Å². The smallest absolute Gasteiger partial charge is 0.240 e. The van der Waals surface area contributed by atoms with Gasteiger partial charge in [0.05, 0.1) is 24.0 Å². The minimum atomic E-state index is -0.397. The summed E-state index contributed by atoms with van der Waals surface area (Å²) < 4.78 is 18.1. The fourth-order valence-electron chi connectivity index (χ4n) is 1.50. The summed E-state index contributed by atoms with van der Waals surface area (Å²) in [7, 11) is 1.49. The zero-order chi connectivity index (χ0) is 13.1. The van der Waals surface area contributed by atoms with Crippen molar-refractivity contribution in [3.8, 4) is 17.1 Å². The third kappa shape index (κ3) is 2.33. The molecule has 0 saturated heterocycles. The summed E-state index contributed by atoms with van der Waals surface area (Å²) >= 11 is 5.96. The van der Waals surface area contributed by atoms with Crippen LogP contribution in [0, 0.1) is 5.82 Å². The van der Waals surface area contributed by atoms with Crippen LogP contribution in [0.5, 0.6) is 5.88 Å². The van der Waals surface area contributed by atoms with E-state index < -0.39 is 5.82 Å². The molecule has 0 bridgehead atoms. The van der Waals surface area contributed by atoms with Crippen LogP contribution in [0.3, 0.4) is 0 Å². The number of ether oxygens (including phenoxy) is 1. The van der Waals surface area contributed by atoms with E-state index in [1.54, 1.807) is 18.3 Å². The SMILES string of the molecule is C=Cc1ncc(-c2ccc(F)cc2Cl)nc1OC. The fourth-order valence-corrected chi connectivity index (χ4v) is 1.76. The van der Waals surface area contributed by atoms with Crippen molar-refractivity contribution in [3.63, 3.8) is 0 Å². The molecular weight excluding hydrogens is 255 g/mol. The zero-order valence-corrected chi connectivity index (χ0v) is 10.4. The Morgan fingerprint density at radius 2 is 2.22 bits per heavy atom. The first-order valence-electron chi connectivity index (χ1n) is 5.14. The van der Waals surface area contributed by atoms with Crippen LogP contribution in [0.15, 0.2) is 31.0 Å². The van der Waals surface area contributed by atoms with Crippen LogP contribution in [0.2, 0.25) is 5.02 Å². The molecule has 3 nitrogen and oxygen atoms in total. The molecule has 1 aromatic carbocycles. The number of nitrogens with zero attached hydrogens (tertiary/aromatic N) is 2. The molecule has 1 aromatic heterocycles. The van der Waals surface area contributed by atoms with Gasteiger partial charge in [0.15, 0.2) is 0 Å². The lowest BCUT2D eigenvalue weighted by Gasteiger charge is -2.07. The Balaban J connectivity index is 2.54. The van der Waals surface area contributed by atoms with E-state index in [-0.39, 0.29) is 5.02 Å². The summed E-state index contributed by atoms with van der Waals surface area (Å²) in [5, 5.41) is 0.276. The number of hydrogen-bond acceptors (Lipinski definition) is 3. The van der Waals surface area contributed by atoms with E-state index in [0.29, 0.717) is 22.8 Å². The first kappa shape index (κ1) is 12.5. The van der Waals surface area contributed by atoms with Crippen LogP contribution >= 0.6 is 11.6 Å². The standard InChI is InChI=1S/C13H10ClFN2O/c1-3-11-13(18-2)17-12(7-16-11)9-5-4-8(15)6-10(9)14/h3-7H,1H2,2H3. The minimum Gasteiger partial charge on any atom is -0.479 e. The number of methoxy groups -OCH3 is 1. The Labute approximate surface area is 109 Å². The van der Waals surface area contributed by atoms with Crippen LogP contribution in [-0.4, -0.2) is 17.1 Å². The van der Waals surface area contributed by atoms with Gasteiger partial charge in [0.1, 0.15) is 11.5 Å². The van der Waals surface area contributed by atoms with Gasteiger partial charge in [-0.3, -0.25) is 0 Å². The summed E-state index contributed by atoms with van der Waals surface area (Å²) in [6, 6.07) is 4.10. The van der Waals surface area contributed by atoms with Crippen molar-refractivity contribution in [2.45, 2.75) is 0 Å². The lowest BCUT2D eigenvalue weighted by molar-refractivity contribution is 0.395. The molecule has 0 saturated carbocycles. The average Bonchev–Trinajstić information content (AvgIpc) is 2.38. The van der Waals surface area contributed by atoms with E-state index in [9.17, 15) is 4.39 Å². The molecule has 1 heterocycles. The molecule has 5 heteroatoms. The maximum atomic E-state index is 13.0. The van der Waals surface area contributed by atoms with Crippen molar-refractivity contribution in [2.75, 3.05) is 7.11 Å². The van der Waals surface area contributed by atoms with E-state index in [1.807, 2.05) is 0 Å². The fraction of sp³-hybridized carbons (Fsp3) is 0.0769. The summed E-state index contributed by atoms with van der Waals surface area (Å²) in [5.74, 6) is -0.0470. The van der Waals surface area contributed by atoms with Gasteiger partial charge in [0.2, 0.25) is 5.88 Å². The van der Waals surface area contributed by atoms with Crippen LogP contribution in [0.4, 0.5) is 4.39 Å². The van der Waals surface area contributed by atoms with Gasteiger partial charge < -0.3 is 4.74 Å². The first-order chi connectivity index (χ1) is 8.65. The summed E-state index contributed by atoms with van der Waals surface area (Å²) in [4.78, 5) is 8.41. The van der Waals surface area contributed by atoms with Crippen molar-refractivity contribution in [3.05, 3.63) is 47.5 Å². The van der Waals surface area contributed by atoms with Gasteiger partial charge in [-0.2, -0.15) is 0 Å². The maximum Gasteiger partial charge on any atom is 0.240 e. The normalized spacial score (nSPS) is 10.2. The van der Waals surface area contributed by atoms with E-state index in [2.05, 4.69) is 16.5 Å². The van der Waals surface area contributed by atoms with E-state index in [0.717, 1.165) is 0 Å². The molecule has 18 heavy (non-hydrogen) atoms. The molecule has 2 rings (SSSR count). The molecule has 2 aromatic rings. The van der Waals surface area contributed by atoms with Gasteiger partial charge in [-0.15, -0.1) is 0 Å². The Bertz CT molecular complexity index is 602. The molecule has 0 unspecified atom stereocenters. The van der Waals surface area contributed by atoms with Crippen LogP contribution in [0.1, 0.15) is 5.69 Å². The summed E-state index contributed by atoms with van der Waals surface area (Å²) in [5.41, 5.74) is 1.65. The van der Waals surface area contributed by atoms with Gasteiger partial charge >= 0.3 is 0 Å². The number of rotatable bonds is 3. The molecule has 0 radical (unpaired) electrons. The molecule has 0 aliphatic carbocycles. The second-order valence-electron chi connectivity index (χ2n) is 3.48. The maximum absolute atomic E-state index is 13.0. The molecule has 0 N–H and O–H groups in total.